The van der Waals surface area contributed by atoms with E-state index in [0.29, 0.717) is 12.0 Å². The second-order valence-electron chi connectivity index (χ2n) is 9.97. The molecule has 0 radical (unpaired) electrons. The van der Waals surface area contributed by atoms with Crippen molar-refractivity contribution in [1.82, 2.24) is 4.90 Å². The van der Waals surface area contributed by atoms with E-state index >= 15 is 0 Å². The molecule has 0 spiro atoms. The van der Waals surface area contributed by atoms with Gasteiger partial charge in [-0.15, -0.1) is 0 Å². The Balaban J connectivity index is 1.16. The van der Waals surface area contributed by atoms with E-state index in [1.165, 1.54) is 38.5 Å². The number of nitrogens with zero attached hydrogens (tertiary/aromatic N) is 1. The van der Waals surface area contributed by atoms with Gasteiger partial charge in [0, 0.05) is 13.2 Å². The van der Waals surface area contributed by atoms with E-state index in [2.05, 4.69) is 0 Å². The molecule has 0 amide bonds. The molecule has 4 aliphatic carbocycles. The van der Waals surface area contributed by atoms with E-state index in [1.54, 1.807) is 0 Å². The van der Waals surface area contributed by atoms with Crippen LogP contribution in [-0.4, -0.2) is 82.6 Å². The molecule has 1 heterocycles. The van der Waals surface area contributed by atoms with Crippen LogP contribution in [0.2, 0.25) is 0 Å². The molecule has 0 aromatic heterocycles. The molecule has 5 aliphatic rings. The van der Waals surface area contributed by atoms with Gasteiger partial charge in [0.25, 0.3) is 0 Å². The summed E-state index contributed by atoms with van der Waals surface area (Å²) in [5.74, 6) is 2.88. The van der Waals surface area contributed by atoms with Crippen molar-refractivity contribution in [2.45, 2.75) is 75.7 Å². The fraction of sp³-hybridized carbons (Fsp3) is 1.00. The lowest BCUT2D eigenvalue weighted by Gasteiger charge is -2.56. The van der Waals surface area contributed by atoms with Crippen molar-refractivity contribution in [3.05, 3.63) is 0 Å². The van der Waals surface area contributed by atoms with Crippen LogP contribution in [-0.2, 0) is 4.74 Å². The number of rotatable bonds is 8. The maximum Gasteiger partial charge on any atom is 0.109 e. The zero-order chi connectivity index (χ0) is 19.0. The summed E-state index contributed by atoms with van der Waals surface area (Å²) < 4.78 is 6.11. The SMILES string of the molecule is OCC1[C@@H](O)C(O)[C@@H](O)CN1CCCCOCC12CC3CC(CC(C3)C1)C2. The molecule has 1 aliphatic heterocycles. The molecule has 5 fully saturated rings. The molecule has 4 bridgehead atoms. The molecule has 27 heavy (non-hydrogen) atoms. The maximum absolute atomic E-state index is 10.0. The number of hydrogen-bond acceptors (Lipinski definition) is 6. The molecule has 4 N–H and O–H groups in total. The molecule has 6 heteroatoms. The summed E-state index contributed by atoms with van der Waals surface area (Å²) in [5.41, 5.74) is 0.466. The van der Waals surface area contributed by atoms with Crippen LogP contribution in [0, 0.1) is 23.2 Å². The van der Waals surface area contributed by atoms with Gasteiger partial charge in [0.05, 0.1) is 25.4 Å². The van der Waals surface area contributed by atoms with E-state index in [1.807, 2.05) is 4.90 Å². The standard InChI is InChI=1S/C21H37NO5/c23-12-17-19(25)20(26)18(24)11-22(17)3-1-2-4-27-13-21-8-14-5-15(9-21)7-16(6-14)10-21/h14-20,23-26H,1-13H2/t14?,15?,16?,17?,18-,19+,20?,21?/m0/s1. The Morgan fingerprint density at radius 1 is 0.889 bits per heavy atom. The zero-order valence-electron chi connectivity index (χ0n) is 16.4. The highest BCUT2D eigenvalue weighted by molar-refractivity contribution is 5.01. The van der Waals surface area contributed by atoms with Gasteiger partial charge in [-0.05, 0) is 81.1 Å². The van der Waals surface area contributed by atoms with Gasteiger partial charge in [-0.3, -0.25) is 4.90 Å². The Morgan fingerprint density at radius 3 is 2.11 bits per heavy atom. The van der Waals surface area contributed by atoms with Crippen molar-refractivity contribution >= 4 is 0 Å². The number of piperidine rings is 1. The summed E-state index contributed by atoms with van der Waals surface area (Å²) in [6.45, 7) is 2.44. The minimum Gasteiger partial charge on any atom is -0.395 e. The lowest BCUT2D eigenvalue weighted by molar-refractivity contribution is -0.145. The number of β-amino-alcohol motifs (C(OH)–C–C–N with tert-alkyl or cyclic N) is 1. The molecule has 5 rings (SSSR count). The molecule has 2 unspecified atom stereocenters. The quantitative estimate of drug-likeness (QED) is 0.463. The number of likely N-dealkylation sites (tertiary alicyclic amines) is 1. The van der Waals surface area contributed by atoms with E-state index in [9.17, 15) is 20.4 Å². The fourth-order valence-corrected chi connectivity index (χ4v) is 6.91. The second kappa shape index (κ2) is 8.25. The molecule has 0 aromatic rings. The smallest absolute Gasteiger partial charge is 0.109 e. The highest BCUT2D eigenvalue weighted by Gasteiger charge is 2.50. The third-order valence-electron chi connectivity index (χ3n) is 7.77. The fourth-order valence-electron chi connectivity index (χ4n) is 6.91. The first-order valence-electron chi connectivity index (χ1n) is 11.0. The number of ether oxygens (including phenoxy) is 1. The number of unbranched alkanes of at least 4 members (excludes halogenated alkanes) is 1. The van der Waals surface area contributed by atoms with Crippen molar-refractivity contribution in [3.8, 4) is 0 Å². The Morgan fingerprint density at radius 2 is 1.52 bits per heavy atom. The summed E-state index contributed by atoms with van der Waals surface area (Å²) >= 11 is 0. The van der Waals surface area contributed by atoms with Gasteiger partial charge in [-0.25, -0.2) is 0 Å². The first-order valence-corrected chi connectivity index (χ1v) is 11.0. The lowest BCUT2D eigenvalue weighted by Crippen LogP contribution is -2.62. The van der Waals surface area contributed by atoms with Gasteiger partial charge < -0.3 is 25.2 Å². The van der Waals surface area contributed by atoms with Crippen LogP contribution in [0.25, 0.3) is 0 Å². The minimum absolute atomic E-state index is 0.215. The van der Waals surface area contributed by atoms with Gasteiger partial charge >= 0.3 is 0 Å². The molecule has 4 saturated carbocycles. The first kappa shape index (κ1) is 20.0. The number of hydrogen-bond donors (Lipinski definition) is 4. The van der Waals surface area contributed by atoms with E-state index in [0.717, 1.165) is 43.8 Å². The van der Waals surface area contributed by atoms with E-state index < -0.39 is 24.4 Å². The number of aliphatic hydroxyl groups excluding tert-OH is 4. The van der Waals surface area contributed by atoms with Gasteiger partial charge in [-0.2, -0.15) is 0 Å². The van der Waals surface area contributed by atoms with Crippen LogP contribution in [0.4, 0.5) is 0 Å². The average molecular weight is 384 g/mol. The van der Waals surface area contributed by atoms with Gasteiger partial charge in [-0.1, -0.05) is 0 Å². The predicted octanol–water partition coefficient (Wildman–Crippen LogP) is 0.759. The summed E-state index contributed by atoms with van der Waals surface area (Å²) in [5, 5.41) is 39.2. The van der Waals surface area contributed by atoms with Crippen LogP contribution < -0.4 is 0 Å². The third kappa shape index (κ3) is 4.21. The highest BCUT2D eigenvalue weighted by Crippen LogP contribution is 2.60. The summed E-state index contributed by atoms with van der Waals surface area (Å²) in [6, 6.07) is -0.503. The van der Waals surface area contributed by atoms with Crippen molar-refractivity contribution in [2.75, 3.05) is 32.9 Å². The second-order valence-corrected chi connectivity index (χ2v) is 9.97. The topological polar surface area (TPSA) is 93.4 Å². The molecular formula is C21H37NO5. The Labute approximate surface area is 162 Å². The van der Waals surface area contributed by atoms with E-state index in [-0.39, 0.29) is 13.2 Å². The van der Waals surface area contributed by atoms with Crippen molar-refractivity contribution in [1.29, 1.82) is 0 Å². The van der Waals surface area contributed by atoms with Crippen LogP contribution in [0.1, 0.15) is 51.4 Å². The largest absolute Gasteiger partial charge is 0.395 e. The zero-order valence-corrected chi connectivity index (χ0v) is 16.4. The normalized spacial score (nSPS) is 46.9. The summed E-state index contributed by atoms with van der Waals surface area (Å²) in [4.78, 5) is 1.89. The summed E-state index contributed by atoms with van der Waals surface area (Å²) in [6.07, 6.45) is 7.12. The van der Waals surface area contributed by atoms with Crippen molar-refractivity contribution in [2.24, 2.45) is 23.2 Å². The molecule has 0 aromatic carbocycles. The molecule has 1 saturated heterocycles. The molecule has 156 valence electrons. The highest BCUT2D eigenvalue weighted by atomic mass is 16.5. The Bertz CT molecular complexity index is 466. The van der Waals surface area contributed by atoms with Crippen LogP contribution in [0.5, 0.6) is 0 Å². The number of aliphatic hydroxyl groups is 4. The van der Waals surface area contributed by atoms with E-state index in [4.69, 9.17) is 4.74 Å². The van der Waals surface area contributed by atoms with Gasteiger partial charge in [0.1, 0.15) is 12.2 Å². The minimum atomic E-state index is -1.18. The lowest BCUT2D eigenvalue weighted by atomic mass is 9.50. The third-order valence-corrected chi connectivity index (χ3v) is 7.77. The Kier molecular flexibility index (Phi) is 6.12. The first-order chi connectivity index (χ1) is 13.0. The summed E-state index contributed by atoms with van der Waals surface area (Å²) in [7, 11) is 0. The molecular weight excluding hydrogens is 346 g/mol. The van der Waals surface area contributed by atoms with Crippen molar-refractivity contribution < 1.29 is 25.2 Å². The average Bonchev–Trinajstić information content (AvgIpc) is 2.61. The van der Waals surface area contributed by atoms with Gasteiger partial charge in [0.15, 0.2) is 0 Å². The molecule has 4 atom stereocenters. The monoisotopic (exact) mass is 383 g/mol. The van der Waals surface area contributed by atoms with Crippen LogP contribution in [0.15, 0.2) is 0 Å². The maximum atomic E-state index is 10.0. The van der Waals surface area contributed by atoms with Gasteiger partial charge in [0.2, 0.25) is 0 Å². The van der Waals surface area contributed by atoms with Crippen molar-refractivity contribution in [3.63, 3.8) is 0 Å². The molecule has 6 nitrogen and oxygen atoms in total. The van der Waals surface area contributed by atoms with Crippen LogP contribution in [0.3, 0.4) is 0 Å². The predicted molar refractivity (Wildman–Crippen MR) is 101 cm³/mol. The Hall–Kier alpha value is -0.240. The van der Waals surface area contributed by atoms with Crippen LogP contribution >= 0.6 is 0 Å².